The van der Waals surface area contributed by atoms with Crippen LogP contribution >= 0.6 is 0 Å². The molecular formula is C23H30N4O2. The smallest absolute Gasteiger partial charge is 0.319 e. The summed E-state index contributed by atoms with van der Waals surface area (Å²) < 4.78 is 0. The molecule has 0 unspecified atom stereocenters. The van der Waals surface area contributed by atoms with Crippen LogP contribution in [-0.4, -0.2) is 31.6 Å². The molecule has 29 heavy (non-hydrogen) atoms. The van der Waals surface area contributed by atoms with Crippen molar-refractivity contribution in [3.8, 4) is 0 Å². The zero-order chi connectivity index (χ0) is 20.6. The van der Waals surface area contributed by atoms with E-state index in [0.717, 1.165) is 37.2 Å². The quantitative estimate of drug-likeness (QED) is 0.693. The highest BCUT2D eigenvalue weighted by atomic mass is 16.2. The first-order valence-electron chi connectivity index (χ1n) is 10.3. The summed E-state index contributed by atoms with van der Waals surface area (Å²) in [6.07, 6.45) is 2.23. The van der Waals surface area contributed by atoms with Gasteiger partial charge in [-0.3, -0.25) is 4.79 Å². The molecule has 1 heterocycles. The second-order valence-corrected chi connectivity index (χ2v) is 7.55. The lowest BCUT2D eigenvalue weighted by Crippen LogP contribution is -2.35. The maximum absolute atomic E-state index is 13.0. The van der Waals surface area contributed by atoms with Gasteiger partial charge in [-0.1, -0.05) is 37.3 Å². The maximum Gasteiger partial charge on any atom is 0.319 e. The fourth-order valence-electron chi connectivity index (χ4n) is 3.53. The zero-order valence-corrected chi connectivity index (χ0v) is 17.2. The molecule has 1 saturated heterocycles. The minimum absolute atomic E-state index is 0.137. The van der Waals surface area contributed by atoms with Crippen molar-refractivity contribution in [1.82, 2.24) is 10.6 Å². The molecule has 0 radical (unpaired) electrons. The third-order valence-corrected chi connectivity index (χ3v) is 5.26. The third kappa shape index (κ3) is 5.73. The fraction of sp³-hybridized carbons (Fsp3) is 0.391. The van der Waals surface area contributed by atoms with Gasteiger partial charge in [-0.2, -0.15) is 0 Å². The number of hydrogen-bond acceptors (Lipinski definition) is 3. The molecule has 2 aromatic rings. The van der Waals surface area contributed by atoms with Crippen molar-refractivity contribution in [2.75, 3.05) is 29.9 Å². The number of benzene rings is 2. The first-order chi connectivity index (χ1) is 14.1. The van der Waals surface area contributed by atoms with E-state index in [9.17, 15) is 9.59 Å². The van der Waals surface area contributed by atoms with E-state index in [-0.39, 0.29) is 11.9 Å². The number of rotatable bonds is 6. The highest BCUT2D eigenvalue weighted by Gasteiger charge is 2.21. The molecular weight excluding hydrogens is 364 g/mol. The van der Waals surface area contributed by atoms with E-state index < -0.39 is 0 Å². The first kappa shape index (κ1) is 20.7. The van der Waals surface area contributed by atoms with Crippen molar-refractivity contribution < 1.29 is 9.59 Å². The van der Waals surface area contributed by atoms with Gasteiger partial charge >= 0.3 is 6.03 Å². The van der Waals surface area contributed by atoms with Gasteiger partial charge in [-0.05, 0) is 49.4 Å². The van der Waals surface area contributed by atoms with Crippen LogP contribution in [0.25, 0.3) is 0 Å². The van der Waals surface area contributed by atoms with Gasteiger partial charge in [0, 0.05) is 37.6 Å². The van der Waals surface area contributed by atoms with Crippen molar-refractivity contribution in [3.63, 3.8) is 0 Å². The third-order valence-electron chi connectivity index (χ3n) is 5.26. The zero-order valence-electron chi connectivity index (χ0n) is 17.2. The Balaban J connectivity index is 1.81. The van der Waals surface area contributed by atoms with Gasteiger partial charge in [0.05, 0.1) is 5.56 Å². The monoisotopic (exact) mass is 394 g/mol. The van der Waals surface area contributed by atoms with Crippen LogP contribution in [0.1, 0.15) is 42.6 Å². The van der Waals surface area contributed by atoms with E-state index in [1.54, 1.807) is 6.07 Å². The summed E-state index contributed by atoms with van der Waals surface area (Å²) in [5.74, 6) is 0.572. The lowest BCUT2D eigenvalue weighted by Gasteiger charge is -2.33. The van der Waals surface area contributed by atoms with Crippen molar-refractivity contribution >= 4 is 23.3 Å². The molecule has 6 heteroatoms. The van der Waals surface area contributed by atoms with Gasteiger partial charge in [0.2, 0.25) is 0 Å². The SMILES string of the molecule is CCNC(=O)Nc1ccc(N2CCC(C)CC2)c(C(=O)NCc2ccccc2)c1. The predicted molar refractivity (Wildman–Crippen MR) is 117 cm³/mol. The van der Waals surface area contributed by atoms with Crippen LogP contribution in [-0.2, 0) is 6.54 Å². The minimum Gasteiger partial charge on any atom is -0.371 e. The Bertz CT molecular complexity index is 830. The summed E-state index contributed by atoms with van der Waals surface area (Å²) in [6.45, 7) is 7.00. The van der Waals surface area contributed by atoms with Crippen LogP contribution < -0.4 is 20.9 Å². The molecule has 0 aromatic heterocycles. The number of piperidine rings is 1. The maximum atomic E-state index is 13.0. The number of amides is 3. The summed E-state index contributed by atoms with van der Waals surface area (Å²) in [5, 5.41) is 8.53. The molecule has 2 aromatic carbocycles. The van der Waals surface area contributed by atoms with Crippen molar-refractivity contribution in [3.05, 3.63) is 59.7 Å². The highest BCUT2D eigenvalue weighted by molar-refractivity contribution is 6.02. The number of nitrogens with one attached hydrogen (secondary N) is 3. The van der Waals surface area contributed by atoms with E-state index in [0.29, 0.717) is 30.3 Å². The lowest BCUT2D eigenvalue weighted by atomic mass is 9.97. The summed E-state index contributed by atoms with van der Waals surface area (Å²) >= 11 is 0. The molecule has 3 rings (SSSR count). The van der Waals surface area contributed by atoms with Crippen LogP contribution in [0.15, 0.2) is 48.5 Å². The van der Waals surface area contributed by atoms with E-state index >= 15 is 0 Å². The molecule has 0 spiro atoms. The topological polar surface area (TPSA) is 73.5 Å². The molecule has 3 amide bonds. The Morgan fingerprint density at radius 2 is 1.76 bits per heavy atom. The van der Waals surface area contributed by atoms with Gasteiger partial charge in [-0.15, -0.1) is 0 Å². The Labute approximate surface area is 172 Å². The highest BCUT2D eigenvalue weighted by Crippen LogP contribution is 2.28. The molecule has 0 saturated carbocycles. The van der Waals surface area contributed by atoms with Crippen LogP contribution in [0.3, 0.4) is 0 Å². The molecule has 1 aliphatic rings. The van der Waals surface area contributed by atoms with Gasteiger partial charge < -0.3 is 20.9 Å². The first-order valence-corrected chi connectivity index (χ1v) is 10.3. The Hall–Kier alpha value is -3.02. The normalized spacial score (nSPS) is 14.3. The molecule has 1 fully saturated rings. The van der Waals surface area contributed by atoms with E-state index in [4.69, 9.17) is 0 Å². The number of carbonyl (C=O) groups excluding carboxylic acids is 2. The lowest BCUT2D eigenvalue weighted by molar-refractivity contribution is 0.0951. The molecule has 154 valence electrons. The number of carbonyl (C=O) groups is 2. The van der Waals surface area contributed by atoms with Crippen molar-refractivity contribution in [2.24, 2.45) is 5.92 Å². The summed E-state index contributed by atoms with van der Waals surface area (Å²) in [7, 11) is 0. The standard InChI is InChI=1S/C23H30N4O2/c1-3-24-23(29)26-19-9-10-21(27-13-11-17(2)12-14-27)20(15-19)22(28)25-16-18-7-5-4-6-8-18/h4-10,15,17H,3,11-14,16H2,1-2H3,(H,25,28)(H2,24,26,29). The number of anilines is 2. The predicted octanol–water partition coefficient (Wildman–Crippen LogP) is 3.99. The van der Waals surface area contributed by atoms with Crippen LogP contribution in [0.5, 0.6) is 0 Å². The van der Waals surface area contributed by atoms with E-state index in [1.165, 1.54) is 0 Å². The van der Waals surface area contributed by atoms with E-state index in [2.05, 4.69) is 27.8 Å². The minimum atomic E-state index is -0.275. The molecule has 3 N–H and O–H groups in total. The van der Waals surface area contributed by atoms with Crippen molar-refractivity contribution in [2.45, 2.75) is 33.2 Å². The molecule has 6 nitrogen and oxygen atoms in total. The molecule has 0 aliphatic carbocycles. The second-order valence-electron chi connectivity index (χ2n) is 7.55. The summed E-state index contributed by atoms with van der Waals surface area (Å²) in [4.78, 5) is 27.2. The Morgan fingerprint density at radius 3 is 2.45 bits per heavy atom. The Morgan fingerprint density at radius 1 is 1.03 bits per heavy atom. The van der Waals surface area contributed by atoms with Gasteiger partial charge in [-0.25, -0.2) is 4.79 Å². The summed E-state index contributed by atoms with van der Waals surface area (Å²) in [6, 6.07) is 15.1. The average Bonchev–Trinajstić information content (AvgIpc) is 2.73. The summed E-state index contributed by atoms with van der Waals surface area (Å²) in [5.41, 5.74) is 3.16. The van der Waals surface area contributed by atoms with E-state index in [1.807, 2.05) is 49.4 Å². The number of hydrogen-bond donors (Lipinski definition) is 3. The van der Waals surface area contributed by atoms with Crippen LogP contribution in [0.4, 0.5) is 16.2 Å². The van der Waals surface area contributed by atoms with Gasteiger partial charge in [0.15, 0.2) is 0 Å². The van der Waals surface area contributed by atoms with Crippen LogP contribution in [0.2, 0.25) is 0 Å². The number of urea groups is 1. The second kappa shape index (κ2) is 9.96. The molecule has 1 aliphatic heterocycles. The van der Waals surface area contributed by atoms with Gasteiger partial charge in [0.1, 0.15) is 0 Å². The average molecular weight is 395 g/mol. The largest absolute Gasteiger partial charge is 0.371 e. The van der Waals surface area contributed by atoms with Crippen molar-refractivity contribution in [1.29, 1.82) is 0 Å². The Kier molecular flexibility index (Phi) is 7.11. The number of nitrogens with zero attached hydrogens (tertiary/aromatic N) is 1. The van der Waals surface area contributed by atoms with Crippen LogP contribution in [0, 0.1) is 5.92 Å². The fourth-order valence-corrected chi connectivity index (χ4v) is 3.53. The molecule has 0 atom stereocenters. The molecule has 0 bridgehead atoms. The van der Waals surface area contributed by atoms with Gasteiger partial charge in [0.25, 0.3) is 5.91 Å².